The lowest BCUT2D eigenvalue weighted by Gasteiger charge is -2.11. The maximum atomic E-state index is 13.7. The molecule has 0 saturated carbocycles. The molecule has 0 fully saturated rings. The summed E-state index contributed by atoms with van der Waals surface area (Å²) in [5.41, 5.74) is -0.513. The highest BCUT2D eigenvalue weighted by Crippen LogP contribution is 2.26. The van der Waals surface area contributed by atoms with E-state index in [-0.39, 0.29) is 23.6 Å². The highest BCUT2D eigenvalue weighted by atomic mass is 35.5. The van der Waals surface area contributed by atoms with Crippen LogP contribution >= 0.6 is 11.6 Å². The van der Waals surface area contributed by atoms with Gasteiger partial charge in [0.25, 0.3) is 0 Å². The summed E-state index contributed by atoms with van der Waals surface area (Å²) in [7, 11) is 0. The standard InChI is InChI=1S/C11H8ClF5N2/c12-4-3-8-18-7-2-1-6(13)9(14)10(7)19(8)5-11(15,16)17/h1-2H,3-5H2. The first-order valence-electron chi connectivity index (χ1n) is 5.29. The van der Waals surface area contributed by atoms with E-state index in [0.29, 0.717) is 4.57 Å². The van der Waals surface area contributed by atoms with Gasteiger partial charge in [-0.15, -0.1) is 11.6 Å². The van der Waals surface area contributed by atoms with E-state index in [1.165, 1.54) is 0 Å². The summed E-state index contributed by atoms with van der Waals surface area (Å²) in [6, 6.07) is 1.96. The third-order valence-electron chi connectivity index (χ3n) is 2.53. The van der Waals surface area contributed by atoms with Crippen LogP contribution in [0.3, 0.4) is 0 Å². The van der Waals surface area contributed by atoms with Crippen molar-refractivity contribution in [2.24, 2.45) is 0 Å². The second-order valence-corrected chi connectivity index (χ2v) is 4.28. The van der Waals surface area contributed by atoms with Crippen LogP contribution in [0.5, 0.6) is 0 Å². The van der Waals surface area contributed by atoms with Gasteiger partial charge in [-0.1, -0.05) is 0 Å². The van der Waals surface area contributed by atoms with Crippen molar-refractivity contribution in [1.29, 1.82) is 0 Å². The van der Waals surface area contributed by atoms with Crippen molar-refractivity contribution in [3.8, 4) is 0 Å². The Kier molecular flexibility index (Phi) is 3.66. The number of fused-ring (bicyclic) bond motifs is 1. The van der Waals surface area contributed by atoms with Crippen LogP contribution in [-0.4, -0.2) is 21.6 Å². The Morgan fingerprint density at radius 2 is 1.89 bits per heavy atom. The van der Waals surface area contributed by atoms with Crippen molar-refractivity contribution in [3.05, 3.63) is 29.6 Å². The summed E-state index contributed by atoms with van der Waals surface area (Å²) in [4.78, 5) is 3.86. The van der Waals surface area contributed by atoms with E-state index in [1.807, 2.05) is 0 Å². The third kappa shape index (κ3) is 2.80. The molecule has 104 valence electrons. The SMILES string of the molecule is Fc1ccc2nc(CCCl)n(CC(F)(F)F)c2c1F. The van der Waals surface area contributed by atoms with Crippen LogP contribution in [0.25, 0.3) is 11.0 Å². The highest BCUT2D eigenvalue weighted by molar-refractivity contribution is 6.17. The molecule has 0 spiro atoms. The van der Waals surface area contributed by atoms with Gasteiger partial charge in [-0.05, 0) is 12.1 Å². The van der Waals surface area contributed by atoms with Gasteiger partial charge < -0.3 is 4.57 Å². The van der Waals surface area contributed by atoms with Crippen molar-refractivity contribution < 1.29 is 22.0 Å². The molecule has 0 aliphatic rings. The maximum absolute atomic E-state index is 13.7. The first-order chi connectivity index (χ1) is 8.83. The molecule has 1 aromatic heterocycles. The minimum atomic E-state index is -4.56. The zero-order chi connectivity index (χ0) is 14.2. The molecule has 8 heteroatoms. The van der Waals surface area contributed by atoms with Gasteiger partial charge in [0.15, 0.2) is 11.6 Å². The van der Waals surface area contributed by atoms with Crippen LogP contribution in [0.15, 0.2) is 12.1 Å². The quantitative estimate of drug-likeness (QED) is 0.624. The normalized spacial score (nSPS) is 12.3. The summed E-state index contributed by atoms with van der Waals surface area (Å²) in [5, 5.41) is 0. The molecule has 0 radical (unpaired) electrons. The zero-order valence-electron chi connectivity index (χ0n) is 9.44. The van der Waals surface area contributed by atoms with Gasteiger partial charge >= 0.3 is 6.18 Å². The van der Waals surface area contributed by atoms with Crippen molar-refractivity contribution in [1.82, 2.24) is 9.55 Å². The van der Waals surface area contributed by atoms with E-state index in [4.69, 9.17) is 11.6 Å². The largest absolute Gasteiger partial charge is 0.406 e. The first kappa shape index (κ1) is 14.0. The van der Waals surface area contributed by atoms with E-state index < -0.39 is 29.9 Å². The van der Waals surface area contributed by atoms with Crippen molar-refractivity contribution >= 4 is 22.6 Å². The molecule has 0 unspecified atom stereocenters. The molecule has 0 N–H and O–H groups in total. The monoisotopic (exact) mass is 298 g/mol. The molecule has 0 bridgehead atoms. The molecular weight excluding hydrogens is 291 g/mol. The second-order valence-electron chi connectivity index (χ2n) is 3.90. The Morgan fingerprint density at radius 3 is 2.47 bits per heavy atom. The lowest BCUT2D eigenvalue weighted by atomic mass is 10.3. The molecular formula is C11H8ClF5N2. The third-order valence-corrected chi connectivity index (χ3v) is 2.72. The fourth-order valence-corrected chi connectivity index (χ4v) is 2.00. The number of aromatic nitrogens is 2. The smallest absolute Gasteiger partial charge is 0.316 e. The van der Waals surface area contributed by atoms with Crippen LogP contribution in [0.1, 0.15) is 5.82 Å². The Balaban J connectivity index is 2.67. The lowest BCUT2D eigenvalue weighted by Crippen LogP contribution is -2.20. The number of aryl methyl sites for hydroxylation is 1. The number of benzene rings is 1. The minimum Gasteiger partial charge on any atom is -0.316 e. The molecule has 0 amide bonds. The number of imidazole rings is 1. The summed E-state index contributed by atoms with van der Waals surface area (Å²) in [6.07, 6.45) is -4.53. The molecule has 2 rings (SSSR count). The number of rotatable bonds is 3. The minimum absolute atomic E-state index is 0.0215. The van der Waals surface area contributed by atoms with Crippen LogP contribution in [0.2, 0.25) is 0 Å². The predicted octanol–water partition coefficient (Wildman–Crippen LogP) is 3.66. The van der Waals surface area contributed by atoms with E-state index in [1.54, 1.807) is 0 Å². The summed E-state index contributed by atoms with van der Waals surface area (Å²) < 4.78 is 64.9. The average Bonchev–Trinajstić information content (AvgIpc) is 2.61. The summed E-state index contributed by atoms with van der Waals surface area (Å²) in [5.74, 6) is -2.54. The van der Waals surface area contributed by atoms with Crippen molar-refractivity contribution in [3.63, 3.8) is 0 Å². The number of hydrogen-bond acceptors (Lipinski definition) is 1. The van der Waals surface area contributed by atoms with E-state index in [0.717, 1.165) is 12.1 Å². The summed E-state index contributed by atoms with van der Waals surface area (Å²) in [6.45, 7) is -1.43. The number of halogens is 6. The number of hydrogen-bond donors (Lipinski definition) is 0. The Morgan fingerprint density at radius 1 is 1.21 bits per heavy atom. The average molecular weight is 299 g/mol. The maximum Gasteiger partial charge on any atom is 0.406 e. The van der Waals surface area contributed by atoms with Gasteiger partial charge in [0, 0.05) is 12.3 Å². The Bertz CT molecular complexity index is 605. The molecule has 2 aromatic rings. The fourth-order valence-electron chi connectivity index (χ4n) is 1.83. The van der Waals surface area contributed by atoms with Gasteiger partial charge in [-0.25, -0.2) is 13.8 Å². The van der Waals surface area contributed by atoms with Gasteiger partial charge in [0.1, 0.15) is 17.9 Å². The molecule has 0 aliphatic heterocycles. The fraction of sp³-hybridized carbons (Fsp3) is 0.364. The van der Waals surface area contributed by atoms with E-state index in [9.17, 15) is 22.0 Å². The highest BCUT2D eigenvalue weighted by Gasteiger charge is 2.31. The molecule has 0 saturated heterocycles. The van der Waals surface area contributed by atoms with Gasteiger partial charge in [0.2, 0.25) is 0 Å². The molecule has 0 aliphatic carbocycles. The zero-order valence-corrected chi connectivity index (χ0v) is 10.2. The van der Waals surface area contributed by atoms with Crippen LogP contribution < -0.4 is 0 Å². The first-order valence-corrected chi connectivity index (χ1v) is 5.83. The van der Waals surface area contributed by atoms with Crippen LogP contribution in [-0.2, 0) is 13.0 Å². The summed E-state index contributed by atoms with van der Waals surface area (Å²) >= 11 is 5.48. The van der Waals surface area contributed by atoms with Crippen LogP contribution in [0, 0.1) is 11.6 Å². The number of nitrogens with zero attached hydrogens (tertiary/aromatic N) is 2. The van der Waals surface area contributed by atoms with Crippen molar-refractivity contribution in [2.45, 2.75) is 19.1 Å². The Labute approximate surface area is 109 Å². The molecule has 0 atom stereocenters. The van der Waals surface area contributed by atoms with Crippen molar-refractivity contribution in [2.75, 3.05) is 5.88 Å². The lowest BCUT2D eigenvalue weighted by molar-refractivity contribution is -0.140. The molecule has 1 aromatic carbocycles. The topological polar surface area (TPSA) is 17.8 Å². The molecule has 1 heterocycles. The number of alkyl halides is 4. The molecule has 2 nitrogen and oxygen atoms in total. The van der Waals surface area contributed by atoms with Gasteiger partial charge in [-0.3, -0.25) is 0 Å². The molecule has 19 heavy (non-hydrogen) atoms. The van der Waals surface area contributed by atoms with Gasteiger partial charge in [-0.2, -0.15) is 13.2 Å². The van der Waals surface area contributed by atoms with Crippen LogP contribution in [0.4, 0.5) is 22.0 Å². The Hall–Kier alpha value is -1.37. The predicted molar refractivity (Wildman–Crippen MR) is 60.1 cm³/mol. The second kappa shape index (κ2) is 4.96. The van der Waals surface area contributed by atoms with E-state index >= 15 is 0 Å². The van der Waals surface area contributed by atoms with Gasteiger partial charge in [0.05, 0.1) is 5.52 Å². The van der Waals surface area contributed by atoms with E-state index in [2.05, 4.69) is 4.98 Å².